The Hall–Kier alpha value is -1.52. The zero-order valence-electron chi connectivity index (χ0n) is 10.1. The van der Waals surface area contributed by atoms with Crippen molar-refractivity contribution in [1.29, 1.82) is 0 Å². The number of nitrogen functional groups attached to an aromatic ring is 1. The molecule has 3 N–H and O–H groups in total. The zero-order valence-corrected chi connectivity index (χ0v) is 10.9. The molecule has 1 atom stereocenters. The van der Waals surface area contributed by atoms with Crippen molar-refractivity contribution in [2.45, 2.75) is 19.0 Å². The first-order chi connectivity index (χ1) is 8.84. The van der Waals surface area contributed by atoms with E-state index >= 15 is 0 Å². The summed E-state index contributed by atoms with van der Waals surface area (Å²) in [6, 6.07) is 10.5. The number of ether oxygens (including phenoxy) is 1. The minimum atomic E-state index is 0.358. The van der Waals surface area contributed by atoms with Gasteiger partial charge in [0, 0.05) is 35.1 Å². The molecule has 1 aromatic heterocycles. The molecule has 0 saturated carbocycles. The molecule has 3 nitrogen and oxygen atoms in total. The van der Waals surface area contributed by atoms with E-state index in [0.29, 0.717) is 6.04 Å². The summed E-state index contributed by atoms with van der Waals surface area (Å²) in [5.74, 6) is 1.00. The van der Waals surface area contributed by atoms with Crippen LogP contribution in [-0.2, 0) is 6.54 Å². The van der Waals surface area contributed by atoms with E-state index in [0.717, 1.165) is 31.0 Å². The third kappa shape index (κ3) is 2.21. The van der Waals surface area contributed by atoms with E-state index < -0.39 is 0 Å². The highest BCUT2D eigenvalue weighted by molar-refractivity contribution is 7.10. The van der Waals surface area contributed by atoms with Gasteiger partial charge in [0.15, 0.2) is 0 Å². The number of nitrogens with two attached hydrogens (primary N) is 1. The summed E-state index contributed by atoms with van der Waals surface area (Å²) in [4.78, 5) is 1.21. The van der Waals surface area contributed by atoms with Gasteiger partial charge in [-0.05, 0) is 17.5 Å². The lowest BCUT2D eigenvalue weighted by atomic mass is 10.0. The van der Waals surface area contributed by atoms with Crippen molar-refractivity contribution in [2.24, 2.45) is 0 Å². The molecule has 4 heteroatoms. The third-order valence-corrected chi connectivity index (χ3v) is 4.18. The number of thiophene rings is 1. The van der Waals surface area contributed by atoms with Crippen LogP contribution in [0.4, 0.5) is 5.69 Å². The molecule has 0 aliphatic carbocycles. The van der Waals surface area contributed by atoms with Gasteiger partial charge in [-0.2, -0.15) is 0 Å². The van der Waals surface area contributed by atoms with Crippen LogP contribution in [0.1, 0.15) is 22.9 Å². The summed E-state index contributed by atoms with van der Waals surface area (Å²) in [5, 5.41) is 5.60. The molecule has 1 aromatic carbocycles. The first-order valence-corrected chi connectivity index (χ1v) is 6.99. The van der Waals surface area contributed by atoms with Crippen LogP contribution < -0.4 is 15.8 Å². The second-order valence-corrected chi connectivity index (χ2v) is 5.41. The van der Waals surface area contributed by atoms with Crippen LogP contribution in [0.5, 0.6) is 5.75 Å². The topological polar surface area (TPSA) is 47.3 Å². The predicted molar refractivity (Wildman–Crippen MR) is 74.9 cm³/mol. The number of nitrogens with one attached hydrogen (secondary N) is 1. The summed E-state index contributed by atoms with van der Waals surface area (Å²) in [7, 11) is 0. The molecule has 1 unspecified atom stereocenters. The number of hydrogen-bond acceptors (Lipinski definition) is 4. The van der Waals surface area contributed by atoms with Crippen LogP contribution in [-0.4, -0.2) is 6.61 Å². The van der Waals surface area contributed by atoms with Crippen molar-refractivity contribution in [3.05, 3.63) is 46.2 Å². The van der Waals surface area contributed by atoms with Crippen LogP contribution in [0.15, 0.2) is 35.7 Å². The van der Waals surface area contributed by atoms with Gasteiger partial charge in [-0.15, -0.1) is 11.3 Å². The number of fused-ring (bicyclic) bond motifs is 1. The smallest absolute Gasteiger partial charge is 0.124 e. The Morgan fingerprint density at radius 3 is 3.06 bits per heavy atom. The van der Waals surface area contributed by atoms with Gasteiger partial charge in [0.05, 0.1) is 6.61 Å². The molecule has 1 aliphatic rings. The molecule has 0 radical (unpaired) electrons. The van der Waals surface area contributed by atoms with Crippen molar-refractivity contribution in [3.8, 4) is 5.75 Å². The summed E-state index contributed by atoms with van der Waals surface area (Å²) < 4.78 is 5.65. The van der Waals surface area contributed by atoms with E-state index in [9.17, 15) is 0 Å². The molecule has 0 spiro atoms. The predicted octanol–water partition coefficient (Wildman–Crippen LogP) is 2.94. The normalized spacial score (nSPS) is 18.1. The summed E-state index contributed by atoms with van der Waals surface area (Å²) >= 11 is 1.70. The maximum Gasteiger partial charge on any atom is 0.124 e. The molecular weight excluding hydrogens is 244 g/mol. The zero-order chi connectivity index (χ0) is 12.4. The van der Waals surface area contributed by atoms with E-state index in [1.54, 1.807) is 11.3 Å². The molecule has 0 saturated heterocycles. The fourth-order valence-corrected chi connectivity index (χ4v) is 3.01. The minimum Gasteiger partial charge on any atom is -0.493 e. The van der Waals surface area contributed by atoms with Gasteiger partial charge in [0.2, 0.25) is 0 Å². The van der Waals surface area contributed by atoms with Gasteiger partial charge in [0.25, 0.3) is 0 Å². The fraction of sp³-hybridized carbons (Fsp3) is 0.286. The number of hydrogen-bond donors (Lipinski definition) is 2. The summed E-state index contributed by atoms with van der Waals surface area (Å²) in [5.41, 5.74) is 8.03. The van der Waals surface area contributed by atoms with Crippen molar-refractivity contribution in [2.75, 3.05) is 12.3 Å². The number of anilines is 1. The number of rotatable bonds is 3. The molecule has 18 heavy (non-hydrogen) atoms. The van der Waals surface area contributed by atoms with E-state index in [4.69, 9.17) is 10.5 Å². The van der Waals surface area contributed by atoms with Crippen molar-refractivity contribution in [3.63, 3.8) is 0 Å². The molecule has 2 aromatic rings. The molecule has 0 amide bonds. The van der Waals surface area contributed by atoms with Crippen molar-refractivity contribution >= 4 is 17.0 Å². The van der Waals surface area contributed by atoms with Crippen LogP contribution in [0, 0.1) is 0 Å². The largest absolute Gasteiger partial charge is 0.493 e. The first-order valence-electron chi connectivity index (χ1n) is 6.11. The van der Waals surface area contributed by atoms with E-state index in [1.165, 1.54) is 10.4 Å². The van der Waals surface area contributed by atoms with Crippen molar-refractivity contribution in [1.82, 2.24) is 5.32 Å². The van der Waals surface area contributed by atoms with Gasteiger partial charge >= 0.3 is 0 Å². The van der Waals surface area contributed by atoms with Crippen LogP contribution >= 0.6 is 11.3 Å². The molecule has 1 aliphatic heterocycles. The standard InChI is InChI=1S/C14H16N2OS/c15-11-6-8-18-14(11)9-16-12-5-7-17-13-4-2-1-3-10(12)13/h1-4,6,8,12,16H,5,7,9,15H2. The lowest BCUT2D eigenvalue weighted by molar-refractivity contribution is 0.252. The molecule has 94 valence electrons. The first kappa shape index (κ1) is 11.6. The molecule has 2 heterocycles. The van der Waals surface area contributed by atoms with Gasteiger partial charge in [-0.25, -0.2) is 0 Å². The van der Waals surface area contributed by atoms with Gasteiger partial charge < -0.3 is 15.8 Å². The quantitative estimate of drug-likeness (QED) is 0.892. The molecule has 0 bridgehead atoms. The molecular formula is C14H16N2OS. The fourth-order valence-electron chi connectivity index (χ4n) is 2.26. The van der Waals surface area contributed by atoms with Crippen LogP contribution in [0.2, 0.25) is 0 Å². The Morgan fingerprint density at radius 2 is 2.22 bits per heavy atom. The van der Waals surface area contributed by atoms with Crippen molar-refractivity contribution < 1.29 is 4.74 Å². The Morgan fingerprint density at radius 1 is 1.33 bits per heavy atom. The molecule has 3 rings (SSSR count). The van der Waals surface area contributed by atoms with E-state index in [2.05, 4.69) is 17.4 Å². The average molecular weight is 260 g/mol. The second-order valence-electron chi connectivity index (χ2n) is 4.41. The number of para-hydroxylation sites is 1. The van der Waals surface area contributed by atoms with E-state index in [-0.39, 0.29) is 0 Å². The maximum absolute atomic E-state index is 5.90. The van der Waals surface area contributed by atoms with Gasteiger partial charge in [0.1, 0.15) is 5.75 Å². The lowest BCUT2D eigenvalue weighted by Crippen LogP contribution is -2.26. The highest BCUT2D eigenvalue weighted by atomic mass is 32.1. The van der Waals surface area contributed by atoms with Crippen LogP contribution in [0.3, 0.4) is 0 Å². The minimum absolute atomic E-state index is 0.358. The second kappa shape index (κ2) is 5.00. The monoisotopic (exact) mass is 260 g/mol. The summed E-state index contributed by atoms with van der Waals surface area (Å²) in [6.45, 7) is 1.59. The highest BCUT2D eigenvalue weighted by Gasteiger charge is 2.20. The summed E-state index contributed by atoms with van der Waals surface area (Å²) in [6.07, 6.45) is 1.00. The Kier molecular flexibility index (Phi) is 3.21. The lowest BCUT2D eigenvalue weighted by Gasteiger charge is -2.26. The Labute approximate surface area is 111 Å². The highest BCUT2D eigenvalue weighted by Crippen LogP contribution is 2.32. The third-order valence-electron chi connectivity index (χ3n) is 3.25. The SMILES string of the molecule is Nc1ccsc1CNC1CCOc2ccccc21. The van der Waals surface area contributed by atoms with Gasteiger partial charge in [-0.3, -0.25) is 0 Å². The Balaban J connectivity index is 1.73. The Bertz CT molecular complexity index is 538. The van der Waals surface area contributed by atoms with Gasteiger partial charge in [-0.1, -0.05) is 18.2 Å². The average Bonchev–Trinajstić information content (AvgIpc) is 2.82. The number of benzene rings is 1. The maximum atomic E-state index is 5.90. The molecule has 0 fully saturated rings. The van der Waals surface area contributed by atoms with Crippen LogP contribution in [0.25, 0.3) is 0 Å². The van der Waals surface area contributed by atoms with E-state index in [1.807, 2.05) is 23.6 Å².